The molecule has 6 nitrogen and oxygen atoms in total. The van der Waals surface area contributed by atoms with Crippen molar-refractivity contribution < 1.29 is 9.53 Å². The molecule has 3 rings (SSSR count). The molecule has 0 spiro atoms. The smallest absolute Gasteiger partial charge is 0.276 e. The zero-order valence-electron chi connectivity index (χ0n) is 13.8. The Morgan fingerprint density at radius 2 is 1.87 bits per heavy atom. The maximum absolute atomic E-state index is 12.4. The molecule has 0 atom stereocenters. The van der Waals surface area contributed by atoms with Crippen molar-refractivity contribution in [1.82, 2.24) is 19.9 Å². The van der Waals surface area contributed by atoms with Crippen LogP contribution in [0.15, 0.2) is 24.4 Å². The second kappa shape index (κ2) is 6.40. The third-order valence-corrected chi connectivity index (χ3v) is 4.24. The van der Waals surface area contributed by atoms with Crippen LogP contribution in [0, 0.1) is 13.8 Å². The number of carbonyl (C=O) groups excluding carboxylic acids is 1. The molecule has 0 saturated carbocycles. The van der Waals surface area contributed by atoms with Gasteiger partial charge < -0.3 is 9.64 Å². The molecule has 1 aliphatic rings. The van der Waals surface area contributed by atoms with E-state index in [1.54, 1.807) is 17.9 Å². The van der Waals surface area contributed by atoms with Gasteiger partial charge in [0.1, 0.15) is 11.9 Å². The number of carbonyl (C=O) groups is 1. The van der Waals surface area contributed by atoms with Crippen LogP contribution in [0.25, 0.3) is 0 Å². The molecule has 0 bridgehead atoms. The molecule has 1 aliphatic heterocycles. The SMILES string of the molecule is Cc1cccc(C)c1OC1CCN(C(=O)c2cn(C)nn2)CC1. The number of rotatable bonds is 3. The van der Waals surface area contributed by atoms with E-state index in [-0.39, 0.29) is 12.0 Å². The van der Waals surface area contributed by atoms with E-state index in [9.17, 15) is 4.79 Å². The van der Waals surface area contributed by atoms with Crippen molar-refractivity contribution in [1.29, 1.82) is 0 Å². The lowest BCUT2D eigenvalue weighted by molar-refractivity contribution is 0.0587. The molecule has 0 radical (unpaired) electrons. The molecule has 0 aliphatic carbocycles. The van der Waals surface area contributed by atoms with Crippen LogP contribution < -0.4 is 4.74 Å². The Balaban J connectivity index is 1.59. The van der Waals surface area contributed by atoms with Gasteiger partial charge in [-0.1, -0.05) is 23.4 Å². The van der Waals surface area contributed by atoms with Crippen molar-refractivity contribution >= 4 is 5.91 Å². The molecule has 1 amide bonds. The lowest BCUT2D eigenvalue weighted by Crippen LogP contribution is -2.42. The Hall–Kier alpha value is -2.37. The van der Waals surface area contributed by atoms with E-state index >= 15 is 0 Å². The quantitative estimate of drug-likeness (QED) is 0.870. The van der Waals surface area contributed by atoms with E-state index < -0.39 is 0 Å². The van der Waals surface area contributed by atoms with Gasteiger partial charge in [0.15, 0.2) is 5.69 Å². The summed E-state index contributed by atoms with van der Waals surface area (Å²) >= 11 is 0. The Kier molecular flexibility index (Phi) is 4.32. The Morgan fingerprint density at radius 3 is 2.43 bits per heavy atom. The first-order chi connectivity index (χ1) is 11.0. The number of amides is 1. The lowest BCUT2D eigenvalue weighted by atomic mass is 10.1. The molecular weight excluding hydrogens is 292 g/mol. The monoisotopic (exact) mass is 314 g/mol. The maximum Gasteiger partial charge on any atom is 0.276 e. The minimum Gasteiger partial charge on any atom is -0.490 e. The number of benzene rings is 1. The highest BCUT2D eigenvalue weighted by Crippen LogP contribution is 2.26. The van der Waals surface area contributed by atoms with Gasteiger partial charge in [0.05, 0.1) is 6.20 Å². The summed E-state index contributed by atoms with van der Waals surface area (Å²) in [7, 11) is 1.76. The molecule has 0 N–H and O–H groups in total. The topological polar surface area (TPSA) is 60.2 Å². The first kappa shape index (κ1) is 15.5. The van der Waals surface area contributed by atoms with E-state index in [1.807, 2.05) is 11.0 Å². The molecule has 0 unspecified atom stereocenters. The molecule has 1 fully saturated rings. The molecule has 1 aromatic carbocycles. The van der Waals surface area contributed by atoms with Gasteiger partial charge in [0.25, 0.3) is 5.91 Å². The normalized spacial score (nSPS) is 15.7. The second-order valence-electron chi connectivity index (χ2n) is 6.11. The summed E-state index contributed by atoms with van der Waals surface area (Å²) in [5.41, 5.74) is 2.72. The minimum absolute atomic E-state index is 0.0522. The van der Waals surface area contributed by atoms with Crippen molar-refractivity contribution in [3.8, 4) is 5.75 Å². The summed E-state index contributed by atoms with van der Waals surface area (Å²) in [6, 6.07) is 6.17. The fraction of sp³-hybridized carbons (Fsp3) is 0.471. The average Bonchev–Trinajstić information content (AvgIpc) is 2.97. The van der Waals surface area contributed by atoms with E-state index in [2.05, 4.69) is 36.3 Å². The van der Waals surface area contributed by atoms with Crippen molar-refractivity contribution in [3.05, 3.63) is 41.2 Å². The fourth-order valence-corrected chi connectivity index (χ4v) is 2.94. The summed E-state index contributed by atoms with van der Waals surface area (Å²) in [5.74, 6) is 0.926. The number of hydrogen-bond donors (Lipinski definition) is 0. The molecular formula is C17H22N4O2. The van der Waals surface area contributed by atoms with Gasteiger partial charge in [-0.15, -0.1) is 5.10 Å². The zero-order valence-corrected chi connectivity index (χ0v) is 13.8. The molecule has 2 aromatic rings. The number of aromatic nitrogens is 3. The van der Waals surface area contributed by atoms with Crippen LogP contribution in [0.2, 0.25) is 0 Å². The van der Waals surface area contributed by atoms with Gasteiger partial charge in [-0.2, -0.15) is 0 Å². The van der Waals surface area contributed by atoms with E-state index in [1.165, 1.54) is 0 Å². The van der Waals surface area contributed by atoms with Crippen molar-refractivity contribution in [2.24, 2.45) is 7.05 Å². The van der Waals surface area contributed by atoms with Crippen LogP contribution in [0.4, 0.5) is 0 Å². The molecule has 1 aromatic heterocycles. The minimum atomic E-state index is -0.0522. The van der Waals surface area contributed by atoms with Crippen molar-refractivity contribution in [3.63, 3.8) is 0 Å². The molecule has 1 saturated heterocycles. The van der Waals surface area contributed by atoms with Crippen LogP contribution in [0.5, 0.6) is 5.75 Å². The first-order valence-electron chi connectivity index (χ1n) is 7.93. The fourth-order valence-electron chi connectivity index (χ4n) is 2.94. The van der Waals surface area contributed by atoms with E-state index in [0.717, 1.165) is 29.7 Å². The predicted molar refractivity (Wildman–Crippen MR) is 86.5 cm³/mol. The largest absolute Gasteiger partial charge is 0.490 e. The Morgan fingerprint density at radius 1 is 1.22 bits per heavy atom. The summed E-state index contributed by atoms with van der Waals surface area (Å²) in [6.45, 7) is 5.50. The highest BCUT2D eigenvalue weighted by Gasteiger charge is 2.26. The van der Waals surface area contributed by atoms with Crippen LogP contribution in [0.1, 0.15) is 34.5 Å². The first-order valence-corrected chi connectivity index (χ1v) is 7.93. The summed E-state index contributed by atoms with van der Waals surface area (Å²) in [6.07, 6.45) is 3.47. The molecule has 2 heterocycles. The van der Waals surface area contributed by atoms with Gasteiger partial charge in [-0.05, 0) is 25.0 Å². The summed E-state index contributed by atoms with van der Waals surface area (Å²) in [4.78, 5) is 14.2. The lowest BCUT2D eigenvalue weighted by Gasteiger charge is -2.32. The third-order valence-electron chi connectivity index (χ3n) is 4.24. The number of likely N-dealkylation sites (tertiary alicyclic amines) is 1. The number of piperidine rings is 1. The number of nitrogens with zero attached hydrogens (tertiary/aromatic N) is 4. The van der Waals surface area contributed by atoms with Gasteiger partial charge in [-0.3, -0.25) is 9.48 Å². The van der Waals surface area contributed by atoms with Crippen molar-refractivity contribution in [2.75, 3.05) is 13.1 Å². The van der Waals surface area contributed by atoms with Crippen LogP contribution in [0.3, 0.4) is 0 Å². The van der Waals surface area contributed by atoms with E-state index in [0.29, 0.717) is 18.8 Å². The Bertz CT molecular complexity index is 682. The van der Waals surface area contributed by atoms with Gasteiger partial charge in [0, 0.05) is 33.0 Å². The summed E-state index contributed by atoms with van der Waals surface area (Å²) < 4.78 is 7.73. The van der Waals surface area contributed by atoms with Gasteiger partial charge in [0.2, 0.25) is 0 Å². The van der Waals surface area contributed by atoms with Crippen LogP contribution in [-0.2, 0) is 7.05 Å². The predicted octanol–water partition coefficient (Wildman–Crippen LogP) is 2.12. The highest BCUT2D eigenvalue weighted by atomic mass is 16.5. The number of para-hydroxylation sites is 1. The number of aryl methyl sites for hydroxylation is 3. The molecule has 23 heavy (non-hydrogen) atoms. The van der Waals surface area contributed by atoms with Crippen molar-refractivity contribution in [2.45, 2.75) is 32.8 Å². The highest BCUT2D eigenvalue weighted by molar-refractivity contribution is 5.91. The maximum atomic E-state index is 12.4. The number of ether oxygens (including phenoxy) is 1. The third kappa shape index (κ3) is 3.36. The van der Waals surface area contributed by atoms with Crippen LogP contribution in [-0.4, -0.2) is 45.0 Å². The standard InChI is InChI=1S/C17H22N4O2/c1-12-5-4-6-13(2)16(12)23-14-7-9-21(10-8-14)17(22)15-11-20(3)19-18-15/h4-6,11,14H,7-10H2,1-3H3. The molecule has 122 valence electrons. The Labute approximate surface area is 136 Å². The molecule has 6 heteroatoms. The van der Waals surface area contributed by atoms with Gasteiger partial charge in [-0.25, -0.2) is 0 Å². The van der Waals surface area contributed by atoms with Gasteiger partial charge >= 0.3 is 0 Å². The van der Waals surface area contributed by atoms with E-state index in [4.69, 9.17) is 4.74 Å². The average molecular weight is 314 g/mol. The second-order valence-corrected chi connectivity index (χ2v) is 6.11. The zero-order chi connectivity index (χ0) is 16.4. The number of hydrogen-bond acceptors (Lipinski definition) is 4. The van der Waals surface area contributed by atoms with Crippen LogP contribution >= 0.6 is 0 Å². The summed E-state index contributed by atoms with van der Waals surface area (Å²) in [5, 5.41) is 7.71.